The fourth-order valence-corrected chi connectivity index (χ4v) is 20.7. The lowest BCUT2D eigenvalue weighted by atomic mass is 9.57. The molecule has 96 heavy (non-hydrogen) atoms. The van der Waals surface area contributed by atoms with Gasteiger partial charge in [-0.3, -0.25) is 0 Å². The Morgan fingerprint density at radius 3 is 1.38 bits per heavy atom. The van der Waals surface area contributed by atoms with Crippen LogP contribution in [0.15, 0.2) is 95.2 Å². The van der Waals surface area contributed by atoms with Crippen LogP contribution in [0.2, 0.25) is 36.3 Å². The lowest BCUT2D eigenvalue weighted by molar-refractivity contribution is -0.173. The fourth-order valence-electron chi connectivity index (χ4n) is 15.7. The molecule has 0 aromatic heterocycles. The second kappa shape index (κ2) is 28.6. The maximum atomic E-state index is 13.7. The van der Waals surface area contributed by atoms with Crippen molar-refractivity contribution in [2.24, 2.45) is 59.2 Å². The molecule has 4 fully saturated rings. The highest BCUT2D eigenvalue weighted by atomic mass is 32.2. The summed E-state index contributed by atoms with van der Waals surface area (Å²) in [6.45, 7) is 34.3. The summed E-state index contributed by atoms with van der Waals surface area (Å²) in [5.41, 5.74) is -4.08. The SMILES string of the molecule is CC(C)(C)[Si](C)(C)OS(=O)(=O)C(F)(F)F.CO[C@H]1C[C@H]2C=C[C@H]3[C@H]4O[C@]2(/C(C)=C/[C@@H](C)[C@@H]([C@@H](C)O)OC1=O)[C@@H]3[C@H](O)[C@@H](C)[C@H]4OC(=O)C1=CC=CC1.CO[C@H]1C[C@H]2C=C[C@H]3[C@H]4O[C@]2(/C(C)=C/[C@@H](C)[C@@H]([C@@H](C)O[Si](C)(C)C(C)(C)C)OC1=O)[C@@H]3[C@H](O)[C@@H](C)[C@H]4OC(=O)C1=CC=CC1. The fraction of sp³-hybridized carbons (Fsp3) is 0.718. The maximum absolute atomic E-state index is 13.7. The molecule has 2 saturated carbocycles. The van der Waals surface area contributed by atoms with E-state index in [4.69, 9.17) is 42.3 Å². The smallest absolute Gasteiger partial charge is 0.457 e. The van der Waals surface area contributed by atoms with Crippen LogP contribution in [-0.2, 0) is 75.5 Å². The van der Waals surface area contributed by atoms with Crippen molar-refractivity contribution < 1.29 is 102 Å². The molecule has 0 amide bonds. The summed E-state index contributed by atoms with van der Waals surface area (Å²) in [4.78, 5) is 52.8. The number of aliphatic hydroxyl groups is 3. The van der Waals surface area contributed by atoms with E-state index in [1.54, 1.807) is 39.8 Å². The summed E-state index contributed by atoms with van der Waals surface area (Å²) >= 11 is 0. The van der Waals surface area contributed by atoms with E-state index in [1.807, 2.05) is 71.9 Å². The monoisotopic (exact) mass is 1410 g/mol. The molecule has 25 heteroatoms. The number of alkyl halides is 3. The maximum Gasteiger partial charge on any atom is 0.522 e. The lowest BCUT2D eigenvalue weighted by Crippen LogP contribution is -2.57. The molecule has 2 saturated heterocycles. The topological polar surface area (TPSA) is 255 Å². The van der Waals surface area contributed by atoms with E-state index in [0.29, 0.717) is 30.4 Å². The molecular weight excluding hydrogens is 1300 g/mol. The summed E-state index contributed by atoms with van der Waals surface area (Å²) in [7, 11) is -7.60. The van der Waals surface area contributed by atoms with Gasteiger partial charge in [0, 0.05) is 84.5 Å². The number of aliphatic hydroxyl groups excluding tert-OH is 3. The molecule has 10 aliphatic rings. The highest BCUT2D eigenvalue weighted by molar-refractivity contribution is 7.88. The Morgan fingerprint density at radius 1 is 0.646 bits per heavy atom. The number of methoxy groups -OCH3 is 2. The van der Waals surface area contributed by atoms with E-state index in [1.165, 1.54) is 27.3 Å². The predicted octanol–water partition coefficient (Wildman–Crippen LogP) is 11.2. The van der Waals surface area contributed by atoms with Gasteiger partial charge in [0.1, 0.15) is 47.8 Å². The van der Waals surface area contributed by atoms with E-state index in [9.17, 15) is 56.1 Å². The molecular formula is C71H105F3O19SSi2. The molecule has 24 atom stereocenters. The van der Waals surface area contributed by atoms with Crippen LogP contribution in [0.25, 0.3) is 0 Å². The number of hydrogen-bond donors (Lipinski definition) is 3. The van der Waals surface area contributed by atoms with Crippen molar-refractivity contribution >= 4 is 50.6 Å². The average Bonchev–Trinajstić information content (AvgIpc) is 1.53. The second-order valence-corrected chi connectivity index (χ2v) is 42.6. The molecule has 6 aliphatic carbocycles. The summed E-state index contributed by atoms with van der Waals surface area (Å²) in [5.74, 6) is -4.28. The molecule has 4 aliphatic heterocycles. The number of esters is 4. The van der Waals surface area contributed by atoms with Crippen molar-refractivity contribution in [2.45, 2.75) is 249 Å². The Labute approximate surface area is 567 Å². The number of rotatable bonds is 12. The highest BCUT2D eigenvalue weighted by Crippen LogP contribution is 2.63. The number of carbonyl (C=O) groups is 4. The molecule has 19 nitrogen and oxygen atoms in total. The molecule has 3 N–H and O–H groups in total. The van der Waals surface area contributed by atoms with Crippen LogP contribution in [0, 0.1) is 59.2 Å². The third-order valence-electron chi connectivity index (χ3n) is 23.0. The van der Waals surface area contributed by atoms with E-state index < -0.39 is 128 Å². The Hall–Kier alpha value is -4.39. The largest absolute Gasteiger partial charge is 0.522 e. The van der Waals surface area contributed by atoms with E-state index in [2.05, 4.69) is 75.0 Å². The summed E-state index contributed by atoms with van der Waals surface area (Å²) in [6.07, 6.45) is 17.3. The molecule has 538 valence electrons. The summed E-state index contributed by atoms with van der Waals surface area (Å²) in [5, 5.41) is 33.5. The molecule has 10 rings (SSSR count). The first-order chi connectivity index (χ1) is 44.3. The minimum absolute atomic E-state index is 0.00619. The van der Waals surface area contributed by atoms with Crippen LogP contribution >= 0.6 is 0 Å². The number of carbonyl (C=O) groups excluding carboxylic acids is 4. The van der Waals surface area contributed by atoms with Crippen molar-refractivity contribution in [2.75, 3.05) is 14.2 Å². The average molecular weight is 1410 g/mol. The van der Waals surface area contributed by atoms with Crippen molar-refractivity contribution in [1.82, 2.24) is 0 Å². The number of ether oxygens (including phenoxy) is 8. The highest BCUT2D eigenvalue weighted by Gasteiger charge is 2.71. The predicted molar refractivity (Wildman–Crippen MR) is 357 cm³/mol. The van der Waals surface area contributed by atoms with Gasteiger partial charge in [0.05, 0.1) is 24.4 Å². The van der Waals surface area contributed by atoms with Crippen LogP contribution in [0.3, 0.4) is 0 Å². The summed E-state index contributed by atoms with van der Waals surface area (Å²) < 4.78 is 118. The summed E-state index contributed by atoms with van der Waals surface area (Å²) in [6, 6.07) is 0. The molecule has 0 aromatic carbocycles. The zero-order valence-corrected chi connectivity index (χ0v) is 62.2. The van der Waals surface area contributed by atoms with Crippen LogP contribution < -0.4 is 0 Å². The minimum Gasteiger partial charge on any atom is -0.457 e. The Balaban J connectivity index is 0.000000205. The third-order valence-corrected chi connectivity index (χ3v) is 34.3. The Morgan fingerprint density at radius 2 is 1.03 bits per heavy atom. The molecule has 0 radical (unpaired) electrons. The van der Waals surface area contributed by atoms with E-state index in [0.717, 1.165) is 11.1 Å². The van der Waals surface area contributed by atoms with Gasteiger partial charge >= 0.3 is 39.5 Å². The quantitative estimate of drug-likeness (QED) is 0.0539. The van der Waals surface area contributed by atoms with Crippen LogP contribution in [0.4, 0.5) is 13.2 Å². The van der Waals surface area contributed by atoms with Crippen molar-refractivity contribution in [3.63, 3.8) is 0 Å². The molecule has 2 spiro atoms. The van der Waals surface area contributed by atoms with Crippen LogP contribution in [0.1, 0.15) is 123 Å². The second-order valence-electron chi connectivity index (χ2n) is 31.2. The van der Waals surface area contributed by atoms with Crippen molar-refractivity contribution in [1.29, 1.82) is 0 Å². The van der Waals surface area contributed by atoms with Gasteiger partial charge in [0.25, 0.3) is 0 Å². The Kier molecular flexibility index (Phi) is 23.0. The first-order valence-corrected chi connectivity index (χ1v) is 41.0. The number of allylic oxidation sites excluding steroid dienone is 6. The van der Waals surface area contributed by atoms with Gasteiger partial charge in [-0.05, 0) is 101 Å². The normalized spacial score (nSPS) is 39.8. The zero-order valence-electron chi connectivity index (χ0n) is 59.4. The van der Waals surface area contributed by atoms with Crippen LogP contribution in [-0.4, -0.2) is 168 Å². The minimum atomic E-state index is -5.48. The van der Waals surface area contributed by atoms with Gasteiger partial charge in [0.2, 0.25) is 8.32 Å². The number of hydrogen-bond acceptors (Lipinski definition) is 19. The van der Waals surface area contributed by atoms with E-state index >= 15 is 0 Å². The molecule has 0 unspecified atom stereocenters. The molecule has 4 heterocycles. The van der Waals surface area contributed by atoms with Crippen molar-refractivity contribution in [3.05, 3.63) is 95.2 Å². The van der Waals surface area contributed by atoms with E-state index in [-0.39, 0.29) is 88.7 Å². The van der Waals surface area contributed by atoms with Crippen LogP contribution in [0.5, 0.6) is 0 Å². The third kappa shape index (κ3) is 14.6. The van der Waals surface area contributed by atoms with Gasteiger partial charge in [-0.25, -0.2) is 19.2 Å². The lowest BCUT2D eigenvalue weighted by Gasteiger charge is -2.49. The zero-order chi connectivity index (χ0) is 71.7. The first-order valence-electron chi connectivity index (χ1n) is 33.8. The standard InChI is InChI=1S/C35H52O8Si.C29H38O8.C7H15F3O3SSi/c1-19-17-20(2)35-24(18-26(39-8)33(38)40-29(19)22(4)43-44(9,10)34(5,6)7)15-16-25-27(35)28(36)21(3)30(31(25)42-35)41-32(37)23-13-11-12-14-23;1-14-12-15(2)29-19(13-21(34-5)28(33)35-24(14)17(4)30)10-11-20-22(29)23(31)16(3)25(26(20)37-29)36-27(32)18-8-6-7-9-18;1-6(2,3)15(4,5)13-14(11,12)7(8,9)10/h11-13,15-17,19,21-22,24-31,36H,14,18H2,1-10H3;6-8,10-12,14,16-17,19-26,30-31H,9,13H2,1-5H3;1-5H3/b20-17+;15-12+;/t19-,21-,22-,24-,25-,26+,27+,28-,29+,30-,31-,35+;14-,16-,17-,19-,20-,21+,22+,23-,24+,25-,26-,29+;/m11./s1. The number of halogens is 3. The van der Waals surface area contributed by atoms with Gasteiger partial charge in [-0.1, -0.05) is 142 Å². The van der Waals surface area contributed by atoms with Gasteiger partial charge in [-0.15, -0.1) is 0 Å². The van der Waals surface area contributed by atoms with Gasteiger partial charge < -0.3 is 61.5 Å². The molecule has 8 bridgehead atoms. The Bertz CT molecular complexity index is 3280. The van der Waals surface area contributed by atoms with Gasteiger partial charge in [-0.2, -0.15) is 21.6 Å². The first kappa shape index (κ1) is 77.4. The van der Waals surface area contributed by atoms with Crippen molar-refractivity contribution in [3.8, 4) is 0 Å². The number of cyclic esters (lactones) is 2. The van der Waals surface area contributed by atoms with Gasteiger partial charge in [0.15, 0.2) is 20.5 Å². The molecule has 0 aromatic rings.